The Morgan fingerprint density at radius 1 is 0.964 bits per heavy atom. The van der Waals surface area contributed by atoms with E-state index in [1.54, 1.807) is 24.3 Å². The summed E-state index contributed by atoms with van der Waals surface area (Å²) in [5, 5.41) is 2.32. The summed E-state index contributed by atoms with van der Waals surface area (Å²) in [6, 6.07) is 10.2. The molecule has 138 valence electrons. The van der Waals surface area contributed by atoms with Crippen molar-refractivity contribution >= 4 is 40.6 Å². The fraction of sp³-hybridized carbons (Fsp3) is 0. The van der Waals surface area contributed by atoms with Crippen LogP contribution in [0.4, 0.5) is 14.9 Å². The second-order valence-corrected chi connectivity index (χ2v) is 5.95. The maximum atomic E-state index is 13.1. The first-order chi connectivity index (χ1) is 13.5. The minimum atomic E-state index is -0.968. The first-order valence-electron chi connectivity index (χ1n) is 8.13. The van der Waals surface area contributed by atoms with Crippen molar-refractivity contribution in [2.24, 2.45) is 0 Å². The maximum absolute atomic E-state index is 13.1. The first kappa shape index (κ1) is 17.3. The lowest BCUT2D eigenvalue weighted by atomic mass is 10.1. The number of carbonyl (C=O) groups excluding carboxylic acids is 3. The highest BCUT2D eigenvalue weighted by molar-refractivity contribution is 6.39. The van der Waals surface area contributed by atoms with E-state index in [2.05, 4.69) is 0 Å². The third-order valence-electron chi connectivity index (χ3n) is 4.19. The molecule has 0 aliphatic carbocycles. The molecule has 1 saturated heterocycles. The summed E-state index contributed by atoms with van der Waals surface area (Å²) in [4.78, 5) is 50.3. The molecule has 7 nitrogen and oxygen atoms in total. The van der Waals surface area contributed by atoms with Crippen molar-refractivity contribution < 1.29 is 23.2 Å². The lowest BCUT2D eigenvalue weighted by molar-refractivity contribution is -0.122. The molecule has 1 aliphatic heterocycles. The monoisotopic (exact) mass is 378 g/mol. The van der Waals surface area contributed by atoms with Crippen molar-refractivity contribution in [3.63, 3.8) is 0 Å². The summed E-state index contributed by atoms with van der Waals surface area (Å²) < 4.78 is 18.5. The Bertz CT molecular complexity index is 1230. The largest absolute Gasteiger partial charge is 0.463 e. The highest BCUT2D eigenvalue weighted by Crippen LogP contribution is 2.22. The van der Waals surface area contributed by atoms with Gasteiger partial charge in [-0.25, -0.2) is 14.1 Å². The van der Waals surface area contributed by atoms with Gasteiger partial charge in [0.25, 0.3) is 11.8 Å². The van der Waals surface area contributed by atoms with Gasteiger partial charge in [-0.2, -0.15) is 0 Å². The van der Waals surface area contributed by atoms with Crippen LogP contribution in [0, 0.1) is 5.82 Å². The van der Waals surface area contributed by atoms with E-state index in [1.165, 1.54) is 12.1 Å². The quantitative estimate of drug-likeness (QED) is 0.546. The third-order valence-corrected chi connectivity index (χ3v) is 4.19. The van der Waals surface area contributed by atoms with Gasteiger partial charge in [-0.15, -0.1) is 0 Å². The molecule has 0 spiro atoms. The van der Waals surface area contributed by atoms with Crippen LogP contribution in [0.2, 0.25) is 0 Å². The summed E-state index contributed by atoms with van der Waals surface area (Å²) in [6.45, 7) is 0. The molecule has 2 aromatic carbocycles. The van der Waals surface area contributed by atoms with Crippen molar-refractivity contribution in [1.82, 2.24) is 5.32 Å². The SMILES string of the molecule is O=C1NC(=O)N(c2ccc(F)cc2)C(=O)C1=Cc1coc2ccccc2c1=O. The molecule has 1 aliphatic rings. The molecule has 3 aromatic rings. The van der Waals surface area contributed by atoms with Gasteiger partial charge in [-0.1, -0.05) is 12.1 Å². The third kappa shape index (κ3) is 2.86. The van der Waals surface area contributed by atoms with Gasteiger partial charge in [0.15, 0.2) is 5.43 Å². The van der Waals surface area contributed by atoms with Crippen LogP contribution in [0.1, 0.15) is 5.56 Å². The second-order valence-electron chi connectivity index (χ2n) is 5.95. The Balaban J connectivity index is 1.80. The molecule has 0 unspecified atom stereocenters. The van der Waals surface area contributed by atoms with Crippen molar-refractivity contribution in [3.8, 4) is 0 Å². The van der Waals surface area contributed by atoms with E-state index in [-0.39, 0.29) is 16.6 Å². The van der Waals surface area contributed by atoms with Gasteiger partial charge < -0.3 is 4.42 Å². The van der Waals surface area contributed by atoms with Gasteiger partial charge in [0.05, 0.1) is 16.6 Å². The summed E-state index contributed by atoms with van der Waals surface area (Å²) in [7, 11) is 0. The maximum Gasteiger partial charge on any atom is 0.335 e. The molecule has 4 amide bonds. The number of urea groups is 1. The van der Waals surface area contributed by atoms with Gasteiger partial charge in [-0.05, 0) is 42.5 Å². The van der Waals surface area contributed by atoms with Gasteiger partial charge in [0, 0.05) is 0 Å². The number of barbiturate groups is 1. The van der Waals surface area contributed by atoms with Crippen LogP contribution in [0.15, 0.2) is 69.6 Å². The zero-order valence-electron chi connectivity index (χ0n) is 14.1. The predicted octanol–water partition coefficient (Wildman–Crippen LogP) is 2.60. The number of benzene rings is 2. The van der Waals surface area contributed by atoms with E-state index >= 15 is 0 Å². The highest BCUT2D eigenvalue weighted by atomic mass is 19.1. The number of anilines is 1. The van der Waals surface area contributed by atoms with Crippen LogP contribution in [0.25, 0.3) is 17.0 Å². The summed E-state index contributed by atoms with van der Waals surface area (Å²) in [5.41, 5.74) is -0.442. The molecule has 0 bridgehead atoms. The number of nitrogens with one attached hydrogen (secondary N) is 1. The fourth-order valence-electron chi connectivity index (χ4n) is 2.83. The van der Waals surface area contributed by atoms with Crippen molar-refractivity contribution in [1.29, 1.82) is 0 Å². The normalized spacial score (nSPS) is 16.0. The second kappa shape index (κ2) is 6.58. The fourth-order valence-corrected chi connectivity index (χ4v) is 2.83. The molecule has 1 fully saturated rings. The first-order valence-corrected chi connectivity index (χ1v) is 8.13. The number of amides is 4. The Hall–Kier alpha value is -4.07. The molecule has 1 aromatic heterocycles. The lowest BCUT2D eigenvalue weighted by Crippen LogP contribution is -2.54. The number of imide groups is 2. The summed E-state index contributed by atoms with van der Waals surface area (Å²) in [6.07, 6.45) is 2.20. The van der Waals surface area contributed by atoms with E-state index in [0.29, 0.717) is 10.5 Å². The van der Waals surface area contributed by atoms with Gasteiger partial charge in [0.2, 0.25) is 0 Å². The predicted molar refractivity (Wildman–Crippen MR) is 97.9 cm³/mol. The van der Waals surface area contributed by atoms with Crippen LogP contribution in [-0.2, 0) is 9.59 Å². The van der Waals surface area contributed by atoms with Crippen LogP contribution in [0.3, 0.4) is 0 Å². The molecule has 1 N–H and O–H groups in total. The van der Waals surface area contributed by atoms with Gasteiger partial charge >= 0.3 is 6.03 Å². The average Bonchev–Trinajstić information content (AvgIpc) is 2.68. The smallest absolute Gasteiger partial charge is 0.335 e. The van der Waals surface area contributed by atoms with Crippen LogP contribution >= 0.6 is 0 Å². The van der Waals surface area contributed by atoms with Crippen LogP contribution in [-0.4, -0.2) is 17.8 Å². The van der Waals surface area contributed by atoms with Gasteiger partial charge in [-0.3, -0.25) is 19.7 Å². The number of hydrogen-bond donors (Lipinski definition) is 1. The lowest BCUT2D eigenvalue weighted by Gasteiger charge is -2.26. The molecule has 0 radical (unpaired) electrons. The minimum Gasteiger partial charge on any atom is -0.463 e. The number of rotatable bonds is 2. The Morgan fingerprint density at radius 3 is 2.43 bits per heavy atom. The standard InChI is InChI=1S/C20H11FN2O5/c21-12-5-7-13(8-6-12)23-19(26)15(18(25)22-20(23)27)9-11-10-28-16-4-2-1-3-14(16)17(11)24/h1-10H,(H,22,25,27). The Kier molecular flexibility index (Phi) is 4.08. The van der Waals surface area contributed by atoms with E-state index in [1.807, 2.05) is 5.32 Å². The van der Waals surface area contributed by atoms with Crippen molar-refractivity contribution in [2.75, 3.05) is 4.90 Å². The van der Waals surface area contributed by atoms with Crippen molar-refractivity contribution in [3.05, 3.63) is 82.0 Å². The topological polar surface area (TPSA) is 96.7 Å². The number of nitrogens with zero attached hydrogens (tertiary/aromatic N) is 1. The average molecular weight is 378 g/mol. The van der Waals surface area contributed by atoms with Crippen LogP contribution in [0.5, 0.6) is 0 Å². The van der Waals surface area contributed by atoms with E-state index < -0.39 is 34.7 Å². The molecule has 28 heavy (non-hydrogen) atoms. The van der Waals surface area contributed by atoms with Crippen molar-refractivity contribution in [2.45, 2.75) is 0 Å². The zero-order valence-corrected chi connectivity index (χ0v) is 14.1. The van der Waals surface area contributed by atoms with E-state index in [4.69, 9.17) is 4.42 Å². The number of halogens is 1. The Labute approximate surface area is 156 Å². The highest BCUT2D eigenvalue weighted by Gasteiger charge is 2.37. The molecule has 0 atom stereocenters. The van der Waals surface area contributed by atoms with Crippen LogP contribution < -0.4 is 15.6 Å². The molecule has 8 heteroatoms. The number of para-hydroxylation sites is 1. The number of fused-ring (bicyclic) bond motifs is 1. The zero-order chi connectivity index (χ0) is 19.8. The molecular weight excluding hydrogens is 367 g/mol. The molecule has 0 saturated carbocycles. The molecule has 4 rings (SSSR count). The van der Waals surface area contributed by atoms with E-state index in [0.717, 1.165) is 24.5 Å². The summed E-state index contributed by atoms with van der Waals surface area (Å²) in [5.74, 6) is -2.43. The number of carbonyl (C=O) groups is 3. The van der Waals surface area contributed by atoms with E-state index in [9.17, 15) is 23.6 Å². The van der Waals surface area contributed by atoms with Gasteiger partial charge in [0.1, 0.15) is 23.2 Å². The minimum absolute atomic E-state index is 0.0226. The number of hydrogen-bond acceptors (Lipinski definition) is 5. The molecular formula is C20H11FN2O5. The molecule has 2 heterocycles. The Morgan fingerprint density at radius 2 is 1.68 bits per heavy atom. The summed E-state index contributed by atoms with van der Waals surface area (Å²) >= 11 is 0.